The lowest BCUT2D eigenvalue weighted by Crippen LogP contribution is -2.10. The third-order valence-corrected chi connectivity index (χ3v) is 3.23. The monoisotopic (exact) mass is 270 g/mol. The molecule has 2 nitrogen and oxygen atoms in total. The van der Waals surface area contributed by atoms with Crippen LogP contribution in [0.4, 0.5) is 0 Å². The Balaban J connectivity index is 2.56. The van der Waals surface area contributed by atoms with Crippen molar-refractivity contribution < 1.29 is 9.84 Å². The third kappa shape index (κ3) is 3.20. The predicted molar refractivity (Wildman–Crippen MR) is 82.9 cm³/mol. The van der Waals surface area contributed by atoms with Crippen LogP contribution in [0.1, 0.15) is 38.9 Å². The highest BCUT2D eigenvalue weighted by atomic mass is 16.5. The SMILES string of the molecule is CC[C@H](O)c1c(OC(C)C)cccc1-c1ccccc1. The van der Waals surface area contributed by atoms with E-state index in [9.17, 15) is 5.11 Å². The van der Waals surface area contributed by atoms with Gasteiger partial charge < -0.3 is 9.84 Å². The van der Waals surface area contributed by atoms with Crippen molar-refractivity contribution in [2.75, 3.05) is 0 Å². The van der Waals surface area contributed by atoms with Gasteiger partial charge in [-0.1, -0.05) is 49.4 Å². The van der Waals surface area contributed by atoms with Crippen LogP contribution in [0.3, 0.4) is 0 Å². The lowest BCUT2D eigenvalue weighted by atomic mass is 9.94. The van der Waals surface area contributed by atoms with Crippen molar-refractivity contribution >= 4 is 0 Å². The lowest BCUT2D eigenvalue weighted by Gasteiger charge is -2.21. The topological polar surface area (TPSA) is 29.5 Å². The zero-order valence-corrected chi connectivity index (χ0v) is 12.3. The molecular weight excluding hydrogens is 248 g/mol. The number of ether oxygens (including phenoxy) is 1. The first-order valence-corrected chi connectivity index (χ1v) is 7.16. The minimum absolute atomic E-state index is 0.0869. The number of aliphatic hydroxyl groups excluding tert-OH is 1. The summed E-state index contributed by atoms with van der Waals surface area (Å²) in [6.07, 6.45) is 0.238. The van der Waals surface area contributed by atoms with Gasteiger partial charge in [0, 0.05) is 5.56 Å². The van der Waals surface area contributed by atoms with Gasteiger partial charge in [-0.2, -0.15) is 0 Å². The summed E-state index contributed by atoms with van der Waals surface area (Å²) in [4.78, 5) is 0. The van der Waals surface area contributed by atoms with E-state index in [1.54, 1.807) is 0 Å². The minimum atomic E-state index is -0.514. The maximum atomic E-state index is 10.4. The van der Waals surface area contributed by atoms with Crippen LogP contribution in [0.15, 0.2) is 48.5 Å². The second kappa shape index (κ2) is 6.58. The molecule has 0 heterocycles. The smallest absolute Gasteiger partial charge is 0.126 e. The highest BCUT2D eigenvalue weighted by Gasteiger charge is 2.18. The molecular formula is C18H22O2. The Morgan fingerprint density at radius 1 is 1.00 bits per heavy atom. The second-order valence-corrected chi connectivity index (χ2v) is 5.17. The first-order valence-electron chi connectivity index (χ1n) is 7.16. The molecule has 0 saturated heterocycles. The lowest BCUT2D eigenvalue weighted by molar-refractivity contribution is 0.162. The number of aliphatic hydroxyl groups is 1. The minimum Gasteiger partial charge on any atom is -0.491 e. The molecule has 2 rings (SSSR count). The van der Waals surface area contributed by atoms with Crippen molar-refractivity contribution in [3.8, 4) is 16.9 Å². The summed E-state index contributed by atoms with van der Waals surface area (Å²) in [6.45, 7) is 5.97. The van der Waals surface area contributed by atoms with E-state index in [1.807, 2.05) is 57.2 Å². The standard InChI is InChI=1S/C18H22O2/c1-4-16(19)18-15(14-9-6-5-7-10-14)11-8-12-17(18)20-13(2)3/h5-13,16,19H,4H2,1-3H3/t16-/m0/s1. The molecule has 0 aliphatic rings. The van der Waals surface area contributed by atoms with Gasteiger partial charge in [-0.15, -0.1) is 0 Å². The summed E-state index contributed by atoms with van der Waals surface area (Å²) in [5, 5.41) is 10.4. The van der Waals surface area contributed by atoms with E-state index in [-0.39, 0.29) is 6.10 Å². The summed E-state index contributed by atoms with van der Waals surface area (Å²) in [5.74, 6) is 0.774. The van der Waals surface area contributed by atoms with E-state index in [2.05, 4.69) is 12.1 Å². The van der Waals surface area contributed by atoms with Crippen LogP contribution in [0.2, 0.25) is 0 Å². The predicted octanol–water partition coefficient (Wildman–Crippen LogP) is 4.58. The van der Waals surface area contributed by atoms with Crippen LogP contribution in [-0.4, -0.2) is 11.2 Å². The van der Waals surface area contributed by atoms with Crippen molar-refractivity contribution in [1.82, 2.24) is 0 Å². The van der Waals surface area contributed by atoms with Gasteiger partial charge in [-0.05, 0) is 37.5 Å². The Labute approximate surface area is 121 Å². The summed E-state index contributed by atoms with van der Waals surface area (Å²) in [6, 6.07) is 16.1. The van der Waals surface area contributed by atoms with Gasteiger partial charge in [0.15, 0.2) is 0 Å². The molecule has 0 fully saturated rings. The molecule has 20 heavy (non-hydrogen) atoms. The molecule has 106 valence electrons. The quantitative estimate of drug-likeness (QED) is 0.861. The molecule has 0 spiro atoms. The fourth-order valence-corrected chi connectivity index (χ4v) is 2.32. The Bertz CT molecular complexity index is 547. The van der Waals surface area contributed by atoms with Crippen molar-refractivity contribution in [3.63, 3.8) is 0 Å². The van der Waals surface area contributed by atoms with E-state index in [4.69, 9.17) is 4.74 Å². The fraction of sp³-hybridized carbons (Fsp3) is 0.333. The molecule has 0 unspecified atom stereocenters. The molecule has 0 bridgehead atoms. The first-order chi connectivity index (χ1) is 9.63. The van der Waals surface area contributed by atoms with Crippen LogP contribution in [0.25, 0.3) is 11.1 Å². The average Bonchev–Trinajstić information content (AvgIpc) is 2.46. The van der Waals surface area contributed by atoms with Gasteiger partial charge in [0.1, 0.15) is 5.75 Å². The highest BCUT2D eigenvalue weighted by Crippen LogP contribution is 2.37. The van der Waals surface area contributed by atoms with E-state index < -0.39 is 6.10 Å². The summed E-state index contributed by atoms with van der Waals surface area (Å²) in [7, 11) is 0. The summed E-state index contributed by atoms with van der Waals surface area (Å²) < 4.78 is 5.87. The van der Waals surface area contributed by atoms with Crippen LogP contribution in [-0.2, 0) is 0 Å². The van der Waals surface area contributed by atoms with Crippen molar-refractivity contribution in [1.29, 1.82) is 0 Å². The molecule has 0 amide bonds. The number of hydrogen-bond donors (Lipinski definition) is 1. The van der Waals surface area contributed by atoms with Crippen LogP contribution < -0.4 is 4.74 Å². The third-order valence-electron chi connectivity index (χ3n) is 3.23. The van der Waals surface area contributed by atoms with Crippen LogP contribution in [0, 0.1) is 0 Å². The van der Waals surface area contributed by atoms with Crippen molar-refractivity contribution in [3.05, 3.63) is 54.1 Å². The summed E-state index contributed by atoms with van der Waals surface area (Å²) in [5.41, 5.74) is 3.03. The maximum Gasteiger partial charge on any atom is 0.126 e. The molecule has 0 aromatic heterocycles. The molecule has 2 heteroatoms. The zero-order valence-electron chi connectivity index (χ0n) is 12.3. The van der Waals surface area contributed by atoms with Crippen LogP contribution in [0.5, 0.6) is 5.75 Å². The zero-order chi connectivity index (χ0) is 14.5. The van der Waals surface area contributed by atoms with E-state index in [0.717, 1.165) is 22.4 Å². The maximum absolute atomic E-state index is 10.4. The molecule has 0 aliphatic carbocycles. The molecule has 0 aliphatic heterocycles. The highest BCUT2D eigenvalue weighted by molar-refractivity contribution is 5.70. The van der Waals surface area contributed by atoms with Gasteiger partial charge in [-0.3, -0.25) is 0 Å². The van der Waals surface area contributed by atoms with E-state index in [0.29, 0.717) is 6.42 Å². The van der Waals surface area contributed by atoms with Gasteiger partial charge in [-0.25, -0.2) is 0 Å². The fourth-order valence-electron chi connectivity index (χ4n) is 2.32. The Hall–Kier alpha value is -1.80. The van der Waals surface area contributed by atoms with E-state index >= 15 is 0 Å². The van der Waals surface area contributed by atoms with Crippen molar-refractivity contribution in [2.24, 2.45) is 0 Å². The molecule has 1 atom stereocenters. The molecule has 0 radical (unpaired) electrons. The van der Waals surface area contributed by atoms with Gasteiger partial charge in [0.05, 0.1) is 12.2 Å². The van der Waals surface area contributed by atoms with E-state index in [1.165, 1.54) is 0 Å². The average molecular weight is 270 g/mol. The Kier molecular flexibility index (Phi) is 4.80. The second-order valence-electron chi connectivity index (χ2n) is 5.17. The molecule has 2 aromatic rings. The Morgan fingerprint density at radius 3 is 2.30 bits per heavy atom. The van der Waals surface area contributed by atoms with Gasteiger partial charge in [0.25, 0.3) is 0 Å². The normalized spacial score (nSPS) is 12.4. The van der Waals surface area contributed by atoms with Gasteiger partial charge >= 0.3 is 0 Å². The number of rotatable bonds is 5. The first kappa shape index (κ1) is 14.6. The number of benzene rings is 2. The molecule has 1 N–H and O–H groups in total. The Morgan fingerprint density at radius 2 is 1.70 bits per heavy atom. The van der Waals surface area contributed by atoms with Crippen molar-refractivity contribution in [2.45, 2.75) is 39.4 Å². The molecule has 2 aromatic carbocycles. The largest absolute Gasteiger partial charge is 0.491 e. The molecule has 0 saturated carbocycles. The summed E-state index contributed by atoms with van der Waals surface area (Å²) >= 11 is 0. The van der Waals surface area contributed by atoms with Gasteiger partial charge in [0.2, 0.25) is 0 Å². The van der Waals surface area contributed by atoms with Crippen LogP contribution >= 0.6 is 0 Å². The number of hydrogen-bond acceptors (Lipinski definition) is 2.